The second-order valence-electron chi connectivity index (χ2n) is 3.70. The van der Waals surface area contributed by atoms with Crippen LogP contribution in [0.4, 0.5) is 10.5 Å². The molecular formula is C13H10ClN3O3. The first-order valence-electron chi connectivity index (χ1n) is 5.41. The Labute approximate surface area is 120 Å². The lowest BCUT2D eigenvalue weighted by Gasteiger charge is -2.13. The van der Waals surface area contributed by atoms with Crippen molar-refractivity contribution in [3.8, 4) is 18.4 Å². The number of urea groups is 1. The Bertz CT molecular complexity index is 616. The molecule has 102 valence electrons. The van der Waals surface area contributed by atoms with Crippen molar-refractivity contribution >= 4 is 29.3 Å². The lowest BCUT2D eigenvalue weighted by atomic mass is 10.2. The third-order valence-electron chi connectivity index (χ3n) is 2.27. The molecule has 1 atom stereocenters. The van der Waals surface area contributed by atoms with Crippen molar-refractivity contribution in [2.45, 2.75) is 12.5 Å². The van der Waals surface area contributed by atoms with Gasteiger partial charge in [0.2, 0.25) is 0 Å². The highest BCUT2D eigenvalue weighted by Gasteiger charge is 2.18. The number of nitrogens with zero attached hydrogens (tertiary/aromatic N) is 1. The minimum Gasteiger partial charge on any atom is -0.480 e. The number of anilines is 1. The first-order valence-corrected chi connectivity index (χ1v) is 5.79. The lowest BCUT2D eigenvalue weighted by Crippen LogP contribution is -2.42. The monoisotopic (exact) mass is 291 g/mol. The molecular weight excluding hydrogens is 282 g/mol. The van der Waals surface area contributed by atoms with Crippen molar-refractivity contribution in [3.05, 3.63) is 28.8 Å². The SMILES string of the molecule is C#CCC(NC(=O)Nc1ccc(C#N)c(Cl)c1)C(=O)O. The van der Waals surface area contributed by atoms with E-state index in [1.54, 1.807) is 0 Å². The number of aliphatic carboxylic acids is 1. The number of carbonyl (C=O) groups is 2. The van der Waals surface area contributed by atoms with Crippen LogP contribution in [-0.2, 0) is 4.79 Å². The van der Waals surface area contributed by atoms with Crippen LogP contribution in [0.1, 0.15) is 12.0 Å². The number of hydrogen-bond acceptors (Lipinski definition) is 3. The molecule has 0 bridgehead atoms. The van der Waals surface area contributed by atoms with Gasteiger partial charge in [-0.3, -0.25) is 0 Å². The molecule has 2 amide bonds. The van der Waals surface area contributed by atoms with Crippen LogP contribution in [0.5, 0.6) is 0 Å². The number of benzene rings is 1. The van der Waals surface area contributed by atoms with Crippen LogP contribution in [0.25, 0.3) is 0 Å². The number of amides is 2. The van der Waals surface area contributed by atoms with Crippen molar-refractivity contribution in [2.24, 2.45) is 0 Å². The summed E-state index contributed by atoms with van der Waals surface area (Å²) in [6, 6.07) is 4.28. The minimum atomic E-state index is -1.23. The number of hydrogen-bond donors (Lipinski definition) is 3. The number of halogens is 1. The van der Waals surface area contributed by atoms with E-state index in [1.165, 1.54) is 18.2 Å². The van der Waals surface area contributed by atoms with Gasteiger partial charge in [0.1, 0.15) is 12.1 Å². The number of carboxylic acid groups (broad SMARTS) is 1. The number of nitrogens with one attached hydrogen (secondary N) is 2. The second kappa shape index (κ2) is 7.03. The molecule has 0 aliphatic heterocycles. The Morgan fingerprint density at radius 3 is 2.70 bits per heavy atom. The maximum absolute atomic E-state index is 11.6. The van der Waals surface area contributed by atoms with Gasteiger partial charge < -0.3 is 15.7 Å². The van der Waals surface area contributed by atoms with E-state index in [2.05, 4.69) is 16.6 Å². The molecule has 20 heavy (non-hydrogen) atoms. The molecule has 0 spiro atoms. The van der Waals surface area contributed by atoms with Gasteiger partial charge in [-0.1, -0.05) is 11.6 Å². The van der Waals surface area contributed by atoms with Crippen molar-refractivity contribution in [2.75, 3.05) is 5.32 Å². The summed E-state index contributed by atoms with van der Waals surface area (Å²) >= 11 is 5.80. The van der Waals surface area contributed by atoms with Gasteiger partial charge in [-0.15, -0.1) is 12.3 Å². The topological polar surface area (TPSA) is 102 Å². The predicted octanol–water partition coefficient (Wildman–Crippen LogP) is 1.81. The van der Waals surface area contributed by atoms with E-state index in [4.69, 9.17) is 28.4 Å². The van der Waals surface area contributed by atoms with Gasteiger partial charge >= 0.3 is 12.0 Å². The summed E-state index contributed by atoms with van der Waals surface area (Å²) in [5.41, 5.74) is 0.602. The average Bonchev–Trinajstić information content (AvgIpc) is 2.38. The molecule has 0 saturated heterocycles. The van der Waals surface area contributed by atoms with E-state index >= 15 is 0 Å². The highest BCUT2D eigenvalue weighted by atomic mass is 35.5. The van der Waals surface area contributed by atoms with Gasteiger partial charge in [-0.05, 0) is 18.2 Å². The molecule has 1 aromatic carbocycles. The van der Waals surface area contributed by atoms with Gasteiger partial charge in [-0.2, -0.15) is 5.26 Å². The highest BCUT2D eigenvalue weighted by molar-refractivity contribution is 6.32. The number of terminal acetylenes is 1. The summed E-state index contributed by atoms with van der Waals surface area (Å²) in [7, 11) is 0. The van der Waals surface area contributed by atoms with Gasteiger partial charge in [0.15, 0.2) is 0 Å². The lowest BCUT2D eigenvalue weighted by molar-refractivity contribution is -0.139. The van der Waals surface area contributed by atoms with Crippen LogP contribution in [0.15, 0.2) is 18.2 Å². The highest BCUT2D eigenvalue weighted by Crippen LogP contribution is 2.20. The Morgan fingerprint density at radius 2 is 2.20 bits per heavy atom. The zero-order valence-electron chi connectivity index (χ0n) is 10.2. The van der Waals surface area contributed by atoms with Crippen molar-refractivity contribution in [1.82, 2.24) is 5.32 Å². The molecule has 0 heterocycles. The fourth-order valence-electron chi connectivity index (χ4n) is 1.33. The summed E-state index contributed by atoms with van der Waals surface area (Å²) in [6.07, 6.45) is 4.89. The van der Waals surface area contributed by atoms with Crippen LogP contribution in [0, 0.1) is 23.7 Å². The number of carboxylic acids is 1. The molecule has 0 aliphatic rings. The fourth-order valence-corrected chi connectivity index (χ4v) is 1.55. The molecule has 1 rings (SSSR count). The molecule has 1 aromatic rings. The summed E-state index contributed by atoms with van der Waals surface area (Å²) in [5.74, 6) is 0.936. The van der Waals surface area contributed by atoms with Crippen LogP contribution in [0.2, 0.25) is 5.02 Å². The van der Waals surface area contributed by atoms with Crippen molar-refractivity contribution < 1.29 is 14.7 Å². The fraction of sp³-hybridized carbons (Fsp3) is 0.154. The van der Waals surface area contributed by atoms with Crippen LogP contribution in [0.3, 0.4) is 0 Å². The van der Waals surface area contributed by atoms with E-state index in [9.17, 15) is 9.59 Å². The first kappa shape index (κ1) is 15.4. The summed E-state index contributed by atoms with van der Waals surface area (Å²) in [4.78, 5) is 22.4. The Kier molecular flexibility index (Phi) is 5.40. The van der Waals surface area contributed by atoms with Crippen LogP contribution < -0.4 is 10.6 Å². The molecule has 1 unspecified atom stereocenters. The number of rotatable bonds is 4. The van der Waals surface area contributed by atoms with Gasteiger partial charge in [0.25, 0.3) is 0 Å². The summed E-state index contributed by atoms with van der Waals surface area (Å²) in [6.45, 7) is 0. The van der Waals surface area contributed by atoms with E-state index in [1.807, 2.05) is 6.07 Å². The van der Waals surface area contributed by atoms with Gasteiger partial charge in [0, 0.05) is 12.1 Å². The molecule has 0 saturated carbocycles. The van der Waals surface area contributed by atoms with Crippen molar-refractivity contribution in [3.63, 3.8) is 0 Å². The Hall–Kier alpha value is -2.70. The van der Waals surface area contributed by atoms with E-state index in [-0.39, 0.29) is 17.0 Å². The summed E-state index contributed by atoms with van der Waals surface area (Å²) < 4.78 is 0. The molecule has 3 N–H and O–H groups in total. The Morgan fingerprint density at radius 1 is 1.50 bits per heavy atom. The van der Waals surface area contributed by atoms with Crippen LogP contribution in [-0.4, -0.2) is 23.1 Å². The third-order valence-corrected chi connectivity index (χ3v) is 2.59. The maximum Gasteiger partial charge on any atom is 0.327 e. The molecule has 7 heteroatoms. The zero-order valence-corrected chi connectivity index (χ0v) is 10.9. The van der Waals surface area contributed by atoms with E-state index in [0.717, 1.165) is 0 Å². The predicted molar refractivity (Wildman–Crippen MR) is 73.2 cm³/mol. The molecule has 0 fully saturated rings. The summed E-state index contributed by atoms with van der Waals surface area (Å²) in [5, 5.41) is 22.3. The largest absolute Gasteiger partial charge is 0.480 e. The number of carbonyl (C=O) groups excluding carboxylic acids is 1. The molecule has 0 aliphatic carbocycles. The Balaban J connectivity index is 2.72. The first-order chi connectivity index (χ1) is 9.47. The second-order valence-corrected chi connectivity index (χ2v) is 4.11. The normalized spacial score (nSPS) is 10.8. The van der Waals surface area contributed by atoms with Crippen molar-refractivity contribution in [1.29, 1.82) is 5.26 Å². The van der Waals surface area contributed by atoms with E-state index in [0.29, 0.717) is 5.69 Å². The quantitative estimate of drug-likeness (QED) is 0.736. The molecule has 6 nitrogen and oxygen atoms in total. The average molecular weight is 292 g/mol. The molecule has 0 radical (unpaired) electrons. The van der Waals surface area contributed by atoms with Gasteiger partial charge in [-0.25, -0.2) is 9.59 Å². The number of nitriles is 1. The molecule has 0 aromatic heterocycles. The van der Waals surface area contributed by atoms with Gasteiger partial charge in [0.05, 0.1) is 10.6 Å². The standard InChI is InChI=1S/C13H10ClN3O3/c1-2-3-11(12(18)19)17-13(20)16-9-5-4-8(7-15)10(14)6-9/h1,4-6,11H,3H2,(H,18,19)(H2,16,17,20). The smallest absolute Gasteiger partial charge is 0.327 e. The minimum absolute atomic E-state index is 0.128. The van der Waals surface area contributed by atoms with E-state index < -0.39 is 18.0 Å². The maximum atomic E-state index is 11.6. The third kappa shape index (κ3) is 4.20. The van der Waals surface area contributed by atoms with Crippen LogP contribution >= 0.6 is 11.6 Å². The zero-order chi connectivity index (χ0) is 15.1.